The summed E-state index contributed by atoms with van der Waals surface area (Å²) in [6, 6.07) is 4.18. The third-order valence-corrected chi connectivity index (χ3v) is 4.58. The van der Waals surface area contributed by atoms with Gasteiger partial charge in [0.05, 0.1) is 21.8 Å². The van der Waals surface area contributed by atoms with Crippen molar-refractivity contribution in [1.82, 2.24) is 0 Å². The van der Waals surface area contributed by atoms with Crippen molar-refractivity contribution in [3.63, 3.8) is 0 Å². The molecule has 5 heteroatoms. The van der Waals surface area contributed by atoms with Crippen LogP contribution in [0.4, 0.5) is 11.4 Å². The third kappa shape index (κ3) is 1.94. The number of nitrogens with two attached hydrogens (primary N) is 1. The maximum Gasteiger partial charge on any atom is 0.0751 e. The molecule has 2 unspecified atom stereocenters. The molecule has 0 amide bonds. The Morgan fingerprint density at radius 3 is 2.11 bits per heavy atom. The lowest BCUT2D eigenvalue weighted by molar-refractivity contribution is 0.126. The summed E-state index contributed by atoms with van der Waals surface area (Å²) < 4.78 is 0. The van der Waals surface area contributed by atoms with Crippen LogP contribution in [0.1, 0.15) is 25.7 Å². The van der Waals surface area contributed by atoms with E-state index in [-0.39, 0.29) is 6.10 Å². The number of rotatable bonds is 1. The molecule has 1 aromatic carbocycles. The van der Waals surface area contributed by atoms with Crippen LogP contribution in [0.2, 0.25) is 10.0 Å². The molecule has 3 N–H and O–H groups in total. The normalized spacial score (nSPS) is 30.8. The highest BCUT2D eigenvalue weighted by Crippen LogP contribution is 2.45. The summed E-state index contributed by atoms with van der Waals surface area (Å²) in [6.07, 6.45) is 3.60. The number of anilines is 2. The highest BCUT2D eigenvalue weighted by Gasteiger charge is 2.41. The van der Waals surface area contributed by atoms with E-state index in [9.17, 15) is 5.11 Å². The van der Waals surface area contributed by atoms with Crippen LogP contribution in [-0.4, -0.2) is 23.3 Å². The van der Waals surface area contributed by atoms with E-state index in [1.54, 1.807) is 12.1 Å². The van der Waals surface area contributed by atoms with Crippen LogP contribution in [0.3, 0.4) is 0 Å². The number of hydrogen-bond acceptors (Lipinski definition) is 3. The minimum absolute atomic E-state index is 0.190. The SMILES string of the molecule is Nc1cc(Cl)c(N2C3CCC2CC(O)C3)c(Cl)c1. The molecule has 0 radical (unpaired) electrons. The van der Waals surface area contributed by atoms with E-state index in [0.717, 1.165) is 31.4 Å². The number of benzene rings is 1. The minimum Gasteiger partial charge on any atom is -0.399 e. The zero-order chi connectivity index (χ0) is 12.9. The summed E-state index contributed by atoms with van der Waals surface area (Å²) in [6.45, 7) is 0. The molecule has 0 spiro atoms. The van der Waals surface area contributed by atoms with Gasteiger partial charge in [0.1, 0.15) is 0 Å². The van der Waals surface area contributed by atoms with Crippen LogP contribution in [0.15, 0.2) is 12.1 Å². The smallest absolute Gasteiger partial charge is 0.0751 e. The Balaban J connectivity index is 2.01. The molecule has 2 fully saturated rings. The van der Waals surface area contributed by atoms with Crippen LogP contribution < -0.4 is 10.6 Å². The Morgan fingerprint density at radius 1 is 1.11 bits per heavy atom. The van der Waals surface area contributed by atoms with E-state index in [0.29, 0.717) is 27.8 Å². The van der Waals surface area contributed by atoms with Crippen LogP contribution in [-0.2, 0) is 0 Å². The van der Waals surface area contributed by atoms with E-state index in [1.165, 1.54) is 0 Å². The maximum absolute atomic E-state index is 9.82. The van der Waals surface area contributed by atoms with Gasteiger partial charge in [0, 0.05) is 17.8 Å². The molecule has 3 rings (SSSR count). The predicted octanol–water partition coefficient (Wildman–Crippen LogP) is 3.07. The van der Waals surface area contributed by atoms with Crippen LogP contribution in [0, 0.1) is 0 Å². The van der Waals surface area contributed by atoms with Crippen molar-refractivity contribution in [2.24, 2.45) is 0 Å². The van der Waals surface area contributed by atoms with E-state index in [2.05, 4.69) is 4.90 Å². The number of hydrogen-bond donors (Lipinski definition) is 2. The van der Waals surface area contributed by atoms with Gasteiger partial charge in [-0.05, 0) is 37.8 Å². The summed E-state index contributed by atoms with van der Waals surface area (Å²) in [5.74, 6) is 0. The second-order valence-corrected chi connectivity index (χ2v) is 6.07. The molecule has 0 aliphatic carbocycles. The second-order valence-electron chi connectivity index (χ2n) is 5.25. The Morgan fingerprint density at radius 2 is 1.61 bits per heavy atom. The number of fused-ring (bicyclic) bond motifs is 2. The third-order valence-electron chi connectivity index (χ3n) is 4.01. The molecule has 18 heavy (non-hydrogen) atoms. The topological polar surface area (TPSA) is 49.5 Å². The summed E-state index contributed by atoms with van der Waals surface area (Å²) in [4.78, 5) is 2.29. The van der Waals surface area contributed by atoms with Gasteiger partial charge in [-0.2, -0.15) is 0 Å². The Kier molecular flexibility index (Phi) is 3.08. The first-order valence-electron chi connectivity index (χ1n) is 6.27. The number of piperidine rings is 1. The maximum atomic E-state index is 9.82. The highest BCUT2D eigenvalue weighted by atomic mass is 35.5. The Hall–Kier alpha value is -0.640. The Bertz CT molecular complexity index is 443. The van der Waals surface area contributed by atoms with Crippen molar-refractivity contribution in [2.45, 2.75) is 43.9 Å². The fourth-order valence-electron chi connectivity index (χ4n) is 3.35. The quantitative estimate of drug-likeness (QED) is 0.780. The van der Waals surface area contributed by atoms with E-state index < -0.39 is 0 Å². The van der Waals surface area contributed by atoms with Gasteiger partial charge in [-0.25, -0.2) is 0 Å². The summed E-state index contributed by atoms with van der Waals surface area (Å²) in [7, 11) is 0. The molecule has 98 valence electrons. The van der Waals surface area contributed by atoms with Gasteiger partial charge in [0.25, 0.3) is 0 Å². The van der Waals surface area contributed by atoms with Crippen LogP contribution in [0.25, 0.3) is 0 Å². The summed E-state index contributed by atoms with van der Waals surface area (Å²) in [5, 5.41) is 11.0. The van der Waals surface area contributed by atoms with Gasteiger partial charge in [0.2, 0.25) is 0 Å². The molecular formula is C13H16Cl2N2O. The van der Waals surface area contributed by atoms with Crippen molar-refractivity contribution in [1.29, 1.82) is 0 Å². The van der Waals surface area contributed by atoms with Gasteiger partial charge in [0.15, 0.2) is 0 Å². The first kappa shape index (κ1) is 12.4. The number of aliphatic hydroxyl groups is 1. The van der Waals surface area contributed by atoms with E-state index >= 15 is 0 Å². The fourth-order valence-corrected chi connectivity index (χ4v) is 4.04. The molecule has 1 aromatic rings. The van der Waals surface area contributed by atoms with Crippen molar-refractivity contribution in [2.75, 3.05) is 10.6 Å². The van der Waals surface area contributed by atoms with Crippen molar-refractivity contribution >= 4 is 34.6 Å². The number of nitrogens with zero attached hydrogens (tertiary/aromatic N) is 1. The molecule has 2 atom stereocenters. The standard InChI is InChI=1S/C13H16Cl2N2O/c14-11-3-7(16)4-12(15)13(11)17-8-1-2-9(17)6-10(18)5-8/h3-4,8-10,18H,1-2,5-6,16H2. The monoisotopic (exact) mass is 286 g/mol. The van der Waals surface area contributed by atoms with Gasteiger partial charge in [-0.1, -0.05) is 23.2 Å². The van der Waals surface area contributed by atoms with Crippen LogP contribution >= 0.6 is 23.2 Å². The zero-order valence-electron chi connectivity index (χ0n) is 9.94. The molecular weight excluding hydrogens is 271 g/mol. The lowest BCUT2D eigenvalue weighted by Crippen LogP contribution is -2.45. The first-order chi connectivity index (χ1) is 8.56. The molecule has 2 saturated heterocycles. The lowest BCUT2D eigenvalue weighted by Gasteiger charge is -2.39. The summed E-state index contributed by atoms with van der Waals surface area (Å²) in [5.41, 5.74) is 7.20. The molecule has 2 aliphatic heterocycles. The molecule has 2 bridgehead atoms. The zero-order valence-corrected chi connectivity index (χ0v) is 11.5. The fraction of sp³-hybridized carbons (Fsp3) is 0.538. The van der Waals surface area contributed by atoms with E-state index in [4.69, 9.17) is 28.9 Å². The predicted molar refractivity (Wildman–Crippen MR) is 75.4 cm³/mol. The lowest BCUT2D eigenvalue weighted by atomic mass is 9.99. The van der Waals surface area contributed by atoms with Crippen molar-refractivity contribution < 1.29 is 5.11 Å². The average Bonchev–Trinajstić information content (AvgIpc) is 2.53. The summed E-state index contributed by atoms with van der Waals surface area (Å²) >= 11 is 12.6. The van der Waals surface area contributed by atoms with Gasteiger partial charge < -0.3 is 15.7 Å². The molecule has 2 aliphatic rings. The first-order valence-corrected chi connectivity index (χ1v) is 7.02. The van der Waals surface area contributed by atoms with Crippen molar-refractivity contribution in [3.05, 3.63) is 22.2 Å². The molecule has 0 aromatic heterocycles. The van der Waals surface area contributed by atoms with E-state index in [1.807, 2.05) is 0 Å². The van der Waals surface area contributed by atoms with Crippen LogP contribution in [0.5, 0.6) is 0 Å². The molecule has 3 nitrogen and oxygen atoms in total. The second kappa shape index (κ2) is 4.48. The molecule has 2 heterocycles. The Labute approximate surface area is 116 Å². The van der Waals surface area contributed by atoms with Gasteiger partial charge in [-0.15, -0.1) is 0 Å². The largest absolute Gasteiger partial charge is 0.399 e. The number of halogens is 2. The number of nitrogen functional groups attached to an aromatic ring is 1. The molecule has 0 saturated carbocycles. The highest BCUT2D eigenvalue weighted by molar-refractivity contribution is 6.39. The van der Waals surface area contributed by atoms with Gasteiger partial charge in [-0.3, -0.25) is 0 Å². The van der Waals surface area contributed by atoms with Crippen molar-refractivity contribution in [3.8, 4) is 0 Å². The number of aliphatic hydroxyl groups excluding tert-OH is 1. The van der Waals surface area contributed by atoms with Gasteiger partial charge >= 0.3 is 0 Å². The average molecular weight is 287 g/mol. The minimum atomic E-state index is -0.190.